The summed E-state index contributed by atoms with van der Waals surface area (Å²) in [5.74, 6) is 0.312. The topological polar surface area (TPSA) is 71.2 Å². The quantitative estimate of drug-likeness (QED) is 0.879. The fourth-order valence-corrected chi connectivity index (χ4v) is 3.37. The SMILES string of the molecule is Nc1ccc(C(=O)NC[C@@H](c2ccccc2)N2CCCCCC2)cn1. The van der Waals surface area contributed by atoms with Crippen LogP contribution in [0, 0.1) is 0 Å². The average Bonchev–Trinajstić information content (AvgIpc) is 2.93. The van der Waals surface area contributed by atoms with Crippen LogP contribution in [0.3, 0.4) is 0 Å². The molecule has 0 aliphatic carbocycles. The molecule has 0 bridgehead atoms. The molecule has 1 saturated heterocycles. The van der Waals surface area contributed by atoms with Gasteiger partial charge in [-0.2, -0.15) is 0 Å². The van der Waals surface area contributed by atoms with Crippen molar-refractivity contribution >= 4 is 11.7 Å². The van der Waals surface area contributed by atoms with Crippen molar-refractivity contribution in [2.45, 2.75) is 31.7 Å². The van der Waals surface area contributed by atoms with Gasteiger partial charge in [0.25, 0.3) is 5.91 Å². The van der Waals surface area contributed by atoms with E-state index in [2.05, 4.69) is 39.5 Å². The molecule has 132 valence electrons. The molecule has 2 aromatic rings. The van der Waals surface area contributed by atoms with Gasteiger partial charge < -0.3 is 11.1 Å². The van der Waals surface area contributed by atoms with Crippen molar-refractivity contribution in [3.63, 3.8) is 0 Å². The Morgan fingerprint density at radius 3 is 2.44 bits per heavy atom. The van der Waals surface area contributed by atoms with Gasteiger partial charge >= 0.3 is 0 Å². The summed E-state index contributed by atoms with van der Waals surface area (Å²) >= 11 is 0. The molecule has 0 radical (unpaired) electrons. The Labute approximate surface area is 149 Å². The van der Waals surface area contributed by atoms with E-state index >= 15 is 0 Å². The van der Waals surface area contributed by atoms with Crippen molar-refractivity contribution in [1.29, 1.82) is 0 Å². The van der Waals surface area contributed by atoms with E-state index in [1.54, 1.807) is 12.1 Å². The first-order valence-corrected chi connectivity index (χ1v) is 9.03. The van der Waals surface area contributed by atoms with Crippen LogP contribution in [-0.2, 0) is 0 Å². The van der Waals surface area contributed by atoms with Crippen LogP contribution in [0.4, 0.5) is 5.82 Å². The van der Waals surface area contributed by atoms with Gasteiger partial charge in [-0.05, 0) is 43.6 Å². The minimum absolute atomic E-state index is 0.108. The molecule has 1 aliphatic rings. The molecule has 1 aliphatic heterocycles. The fraction of sp³-hybridized carbons (Fsp3) is 0.400. The number of likely N-dealkylation sites (tertiary alicyclic amines) is 1. The highest BCUT2D eigenvalue weighted by molar-refractivity contribution is 5.94. The first-order valence-electron chi connectivity index (χ1n) is 9.03. The van der Waals surface area contributed by atoms with E-state index in [0.717, 1.165) is 13.1 Å². The third kappa shape index (κ3) is 4.79. The maximum absolute atomic E-state index is 12.4. The summed E-state index contributed by atoms with van der Waals surface area (Å²) in [6.07, 6.45) is 6.55. The molecule has 2 heterocycles. The lowest BCUT2D eigenvalue weighted by molar-refractivity contribution is 0.0933. The lowest BCUT2D eigenvalue weighted by atomic mass is 10.0. The van der Waals surface area contributed by atoms with E-state index in [0.29, 0.717) is 17.9 Å². The number of rotatable bonds is 5. The highest BCUT2D eigenvalue weighted by Gasteiger charge is 2.22. The third-order valence-electron chi connectivity index (χ3n) is 4.77. The van der Waals surface area contributed by atoms with Crippen LogP contribution in [0.25, 0.3) is 0 Å². The summed E-state index contributed by atoms with van der Waals surface area (Å²) in [4.78, 5) is 18.9. The number of aromatic nitrogens is 1. The second-order valence-electron chi connectivity index (χ2n) is 6.56. The van der Waals surface area contributed by atoms with Crippen molar-refractivity contribution in [1.82, 2.24) is 15.2 Å². The number of carbonyl (C=O) groups is 1. The normalized spacial score (nSPS) is 16.8. The van der Waals surface area contributed by atoms with Crippen molar-refractivity contribution in [2.75, 3.05) is 25.4 Å². The molecular formula is C20H26N4O. The number of hydrogen-bond donors (Lipinski definition) is 2. The summed E-state index contributed by atoms with van der Waals surface area (Å²) in [6.45, 7) is 2.75. The molecule has 0 saturated carbocycles. The van der Waals surface area contributed by atoms with Crippen molar-refractivity contribution < 1.29 is 4.79 Å². The Morgan fingerprint density at radius 2 is 1.80 bits per heavy atom. The van der Waals surface area contributed by atoms with E-state index in [1.807, 2.05) is 6.07 Å². The first-order chi connectivity index (χ1) is 12.2. The number of nitrogens with two attached hydrogens (primary N) is 1. The zero-order valence-corrected chi connectivity index (χ0v) is 14.5. The van der Waals surface area contributed by atoms with Crippen LogP contribution < -0.4 is 11.1 Å². The average molecular weight is 338 g/mol. The van der Waals surface area contributed by atoms with Gasteiger partial charge in [0.1, 0.15) is 5.82 Å². The number of nitrogens with one attached hydrogen (secondary N) is 1. The molecule has 3 rings (SSSR count). The van der Waals surface area contributed by atoms with Crippen molar-refractivity contribution in [3.05, 3.63) is 59.8 Å². The Morgan fingerprint density at radius 1 is 1.08 bits per heavy atom. The number of anilines is 1. The van der Waals surface area contributed by atoms with Crippen LogP contribution in [0.1, 0.15) is 47.6 Å². The lowest BCUT2D eigenvalue weighted by Crippen LogP contribution is -2.38. The van der Waals surface area contributed by atoms with Gasteiger partial charge in [0.15, 0.2) is 0 Å². The molecule has 3 N–H and O–H groups in total. The minimum Gasteiger partial charge on any atom is -0.384 e. The predicted molar refractivity (Wildman–Crippen MR) is 100 cm³/mol. The standard InChI is InChI=1S/C20H26N4O/c21-19-11-10-17(14-22-19)20(25)23-15-18(16-8-4-3-5-9-16)24-12-6-1-2-7-13-24/h3-5,8-11,14,18H,1-2,6-7,12-13,15H2,(H2,21,22)(H,23,25)/t18-/m0/s1. The summed E-state index contributed by atoms with van der Waals surface area (Å²) < 4.78 is 0. The van der Waals surface area contributed by atoms with E-state index in [1.165, 1.54) is 37.4 Å². The smallest absolute Gasteiger partial charge is 0.252 e. The Hall–Kier alpha value is -2.40. The molecular weight excluding hydrogens is 312 g/mol. The van der Waals surface area contributed by atoms with Crippen LogP contribution in [0.5, 0.6) is 0 Å². The predicted octanol–water partition coefficient (Wildman–Crippen LogP) is 3.01. The summed E-state index contributed by atoms with van der Waals surface area (Å²) in [5.41, 5.74) is 7.38. The monoisotopic (exact) mass is 338 g/mol. The van der Waals surface area contributed by atoms with Crippen molar-refractivity contribution in [2.24, 2.45) is 0 Å². The fourth-order valence-electron chi connectivity index (χ4n) is 3.37. The number of nitrogens with zero attached hydrogens (tertiary/aromatic N) is 2. The van der Waals surface area contributed by atoms with E-state index in [9.17, 15) is 4.79 Å². The van der Waals surface area contributed by atoms with Gasteiger partial charge in [-0.1, -0.05) is 43.2 Å². The zero-order valence-electron chi connectivity index (χ0n) is 14.5. The number of hydrogen-bond acceptors (Lipinski definition) is 4. The second kappa shape index (κ2) is 8.62. The summed E-state index contributed by atoms with van der Waals surface area (Å²) in [5, 5.41) is 3.07. The Bertz CT molecular complexity index is 664. The number of carbonyl (C=O) groups excluding carboxylic acids is 1. The highest BCUT2D eigenvalue weighted by atomic mass is 16.1. The van der Waals surface area contributed by atoms with Gasteiger partial charge in [-0.3, -0.25) is 9.69 Å². The van der Waals surface area contributed by atoms with Gasteiger partial charge in [0, 0.05) is 12.7 Å². The minimum atomic E-state index is -0.108. The van der Waals surface area contributed by atoms with Crippen LogP contribution in [0.2, 0.25) is 0 Å². The summed E-state index contributed by atoms with van der Waals surface area (Å²) in [6, 6.07) is 14.0. The first kappa shape index (κ1) is 17.4. The molecule has 5 heteroatoms. The van der Waals surface area contributed by atoms with E-state index in [-0.39, 0.29) is 11.9 Å². The van der Waals surface area contributed by atoms with Crippen LogP contribution >= 0.6 is 0 Å². The largest absolute Gasteiger partial charge is 0.384 e. The third-order valence-corrected chi connectivity index (χ3v) is 4.77. The highest BCUT2D eigenvalue weighted by Crippen LogP contribution is 2.23. The number of nitrogen functional groups attached to an aromatic ring is 1. The maximum atomic E-state index is 12.4. The number of pyridine rings is 1. The molecule has 25 heavy (non-hydrogen) atoms. The van der Waals surface area contributed by atoms with Crippen LogP contribution in [0.15, 0.2) is 48.7 Å². The lowest BCUT2D eigenvalue weighted by Gasteiger charge is -2.31. The molecule has 0 spiro atoms. The zero-order chi connectivity index (χ0) is 17.5. The van der Waals surface area contributed by atoms with Gasteiger partial charge in [-0.15, -0.1) is 0 Å². The number of amides is 1. The maximum Gasteiger partial charge on any atom is 0.252 e. The molecule has 1 aromatic heterocycles. The Balaban J connectivity index is 1.71. The van der Waals surface area contributed by atoms with E-state index < -0.39 is 0 Å². The molecule has 0 unspecified atom stereocenters. The summed E-state index contributed by atoms with van der Waals surface area (Å²) in [7, 11) is 0. The second-order valence-corrected chi connectivity index (χ2v) is 6.56. The van der Waals surface area contributed by atoms with Gasteiger partial charge in [-0.25, -0.2) is 4.98 Å². The molecule has 1 aromatic carbocycles. The van der Waals surface area contributed by atoms with Crippen molar-refractivity contribution in [3.8, 4) is 0 Å². The van der Waals surface area contributed by atoms with Crippen LogP contribution in [-0.4, -0.2) is 35.4 Å². The molecule has 1 fully saturated rings. The Kier molecular flexibility index (Phi) is 6.01. The van der Waals surface area contributed by atoms with Gasteiger partial charge in [0.2, 0.25) is 0 Å². The van der Waals surface area contributed by atoms with Gasteiger partial charge in [0.05, 0.1) is 11.6 Å². The molecule has 5 nitrogen and oxygen atoms in total. The molecule has 1 atom stereocenters. The number of benzene rings is 1. The molecule has 1 amide bonds. The van der Waals surface area contributed by atoms with E-state index in [4.69, 9.17) is 5.73 Å².